The van der Waals surface area contributed by atoms with E-state index in [1.807, 2.05) is 48.5 Å². The summed E-state index contributed by atoms with van der Waals surface area (Å²) in [7, 11) is 0. The molecule has 0 atom stereocenters. The number of carbonyl (C=O) groups excluding carboxylic acids is 1. The SMILES string of the molecule is CC(C)c1cc(C(C)C)c2c(oc3ccccc32)c1N.CC(C)c1cc(C(C)C)c2c(oc3ccccc32)c1N1CCN=C1c1ccccc1.ClP(Cl)(Cl)(Cl)Cl.O=C(CCCCl)c1ccccc1. The molecule has 68 heavy (non-hydrogen) atoms. The van der Waals surface area contributed by atoms with Crippen molar-refractivity contribution >= 4 is 138 Å². The third-order valence-electron chi connectivity index (χ3n) is 11.7. The molecule has 2 N–H and O–H groups in total. The summed E-state index contributed by atoms with van der Waals surface area (Å²) >= 11 is 30.4. The van der Waals surface area contributed by atoms with Gasteiger partial charge in [0.15, 0.2) is 16.9 Å². The number of anilines is 2. The molecule has 0 unspecified atom stereocenters. The summed E-state index contributed by atoms with van der Waals surface area (Å²) in [6, 6.07) is 41.1. The van der Waals surface area contributed by atoms with Crippen LogP contribution >= 0.6 is 71.2 Å². The Labute approximate surface area is 429 Å². The predicted octanol–water partition coefficient (Wildman–Crippen LogP) is 19.7. The van der Waals surface area contributed by atoms with Crippen molar-refractivity contribution < 1.29 is 13.6 Å². The molecule has 8 aromatic rings. The van der Waals surface area contributed by atoms with Crippen molar-refractivity contribution in [2.45, 2.75) is 91.9 Å². The molecule has 0 spiro atoms. The third-order valence-corrected chi connectivity index (χ3v) is 12.0. The molecule has 6 nitrogen and oxygen atoms in total. The molecule has 13 heteroatoms. The van der Waals surface area contributed by atoms with Crippen LogP contribution in [0.1, 0.15) is 130 Å². The number of hydrogen-bond donors (Lipinski definition) is 1. The Kier molecular flexibility index (Phi) is 17.9. The normalized spacial score (nSPS) is 13.4. The number of ketones is 1. The number of benzene rings is 6. The molecule has 0 radical (unpaired) electrons. The monoisotopic (exact) mass is 1050 g/mol. The second kappa shape index (κ2) is 22.8. The average Bonchev–Trinajstić information content (AvgIpc) is 4.04. The van der Waals surface area contributed by atoms with Gasteiger partial charge >= 0.3 is 59.6 Å². The number of rotatable bonds is 10. The van der Waals surface area contributed by atoms with Gasteiger partial charge in [-0.15, -0.1) is 11.6 Å². The minimum atomic E-state index is -3.69. The van der Waals surface area contributed by atoms with Crippen molar-refractivity contribution in [2.24, 2.45) is 4.99 Å². The molecule has 0 saturated carbocycles. The Morgan fingerprint density at radius 1 is 0.632 bits per heavy atom. The van der Waals surface area contributed by atoms with E-state index in [2.05, 4.69) is 133 Å². The summed E-state index contributed by atoms with van der Waals surface area (Å²) in [6.07, 6.45) is 1.31. The first-order valence-corrected chi connectivity index (χ1v) is 30.3. The van der Waals surface area contributed by atoms with Crippen LogP contribution in [0.4, 0.5) is 11.4 Å². The molecule has 0 aliphatic carbocycles. The zero-order chi connectivity index (χ0) is 49.5. The summed E-state index contributed by atoms with van der Waals surface area (Å²) in [5.41, 5.74) is 19.2. The van der Waals surface area contributed by atoms with Gasteiger partial charge in [0, 0.05) is 51.5 Å². The molecular formula is C55H60Cl6N3O3P. The Balaban J connectivity index is 0.000000172. The molecule has 3 heterocycles. The number of aliphatic imine (C=N–C) groups is 1. The number of fused-ring (bicyclic) bond motifs is 6. The van der Waals surface area contributed by atoms with E-state index in [0.29, 0.717) is 36.0 Å². The number of carbonyl (C=O) groups is 1. The summed E-state index contributed by atoms with van der Waals surface area (Å²) in [6.45, 7) is 19.5. The Bertz CT molecular complexity index is 3010. The molecule has 2 aromatic heterocycles. The summed E-state index contributed by atoms with van der Waals surface area (Å²) in [4.78, 5) is 18.6. The number of nitrogen functional groups attached to an aromatic ring is 1. The van der Waals surface area contributed by atoms with E-state index in [0.717, 1.165) is 69.9 Å². The Hall–Kier alpha value is -3.97. The number of hydrogen-bond acceptors (Lipinski definition) is 6. The standard InChI is InChI=1S/C27H28N2O.C18H21NO.C10H11ClO.Cl5P/c1-17(2)21-16-22(18(3)4)25(26-24(21)20-12-8-9-13-23(20)30-26)29-15-14-28-27(29)19-10-6-5-7-11-19;1-10(2)13-9-14(11(3)4)17(19)18-16(13)12-7-5-6-8-15(12)20-18;11-8-4-7-10(12)9-5-2-1-3-6-9;1-6(2,3,4)5/h5-13,16-18H,14-15H2,1-4H3;5-11H,19H2,1-4H3;1-3,5-6H,4,7-8H2;. The van der Waals surface area contributed by atoms with Crippen LogP contribution in [0, 0.1) is 0 Å². The number of alkyl halides is 1. The van der Waals surface area contributed by atoms with Gasteiger partial charge in [-0.1, -0.05) is 165 Å². The van der Waals surface area contributed by atoms with Gasteiger partial charge in [-0.3, -0.25) is 9.79 Å². The van der Waals surface area contributed by atoms with Crippen molar-refractivity contribution in [1.29, 1.82) is 0 Å². The second-order valence-corrected chi connectivity index (χ2v) is 35.0. The van der Waals surface area contributed by atoms with Crippen LogP contribution in [0.5, 0.6) is 0 Å². The minimum Gasteiger partial charge on any atom is -0.294 e. The molecule has 1 aliphatic heterocycles. The minimum absolute atomic E-state index is 0.177. The Morgan fingerprint density at radius 3 is 1.57 bits per heavy atom. The predicted molar refractivity (Wildman–Crippen MR) is 300 cm³/mol. The smallest absolute Gasteiger partial charge is 0.162 e. The van der Waals surface area contributed by atoms with Gasteiger partial charge in [-0.05, 0) is 64.5 Å². The van der Waals surface area contributed by atoms with E-state index >= 15 is 0 Å². The first-order valence-electron chi connectivity index (χ1n) is 23.0. The molecular weight excluding hydrogens is 994 g/mol. The number of nitrogens with zero attached hydrogens (tertiary/aromatic N) is 2. The molecule has 1 aliphatic rings. The maximum absolute atomic E-state index is 11.3. The quantitative estimate of drug-likeness (QED) is 0.0638. The van der Waals surface area contributed by atoms with Gasteiger partial charge < -0.3 is 19.5 Å². The molecule has 0 bridgehead atoms. The van der Waals surface area contributed by atoms with E-state index in [9.17, 15) is 4.79 Å². The van der Waals surface area contributed by atoms with Crippen molar-refractivity contribution in [2.75, 3.05) is 29.6 Å². The number of halogens is 6. The summed E-state index contributed by atoms with van der Waals surface area (Å²) < 4.78 is 8.92. The van der Waals surface area contributed by atoms with Crippen LogP contribution in [-0.4, -0.2) is 30.6 Å². The van der Waals surface area contributed by atoms with Crippen LogP contribution in [-0.2, 0) is 0 Å². The number of amidine groups is 1. The van der Waals surface area contributed by atoms with Crippen molar-refractivity contribution in [3.63, 3.8) is 0 Å². The fraction of sp³-hybridized carbons (Fsp3) is 0.309. The van der Waals surface area contributed by atoms with E-state index in [-0.39, 0.29) is 5.78 Å². The largest absolute Gasteiger partial charge is 0.294 e. The van der Waals surface area contributed by atoms with E-state index < -0.39 is 3.37 Å². The zero-order valence-corrected chi connectivity index (χ0v) is 45.2. The number of para-hydroxylation sites is 2. The fourth-order valence-corrected chi connectivity index (χ4v) is 8.64. The van der Waals surface area contributed by atoms with E-state index in [1.54, 1.807) is 0 Å². The molecule has 0 saturated heterocycles. The maximum atomic E-state index is 11.3. The second-order valence-electron chi connectivity index (χ2n) is 18.0. The van der Waals surface area contributed by atoms with Crippen molar-refractivity contribution in [3.8, 4) is 0 Å². The molecule has 0 fully saturated rings. The van der Waals surface area contributed by atoms with Crippen LogP contribution in [0.15, 0.2) is 135 Å². The van der Waals surface area contributed by atoms with E-state index in [4.69, 9.17) is 87.4 Å². The number of Topliss-reactive ketones (excluding diaryl/α,β-unsaturated/α-hetero) is 1. The van der Waals surface area contributed by atoms with Gasteiger partial charge in [-0.25, -0.2) is 0 Å². The van der Waals surface area contributed by atoms with Crippen LogP contribution in [0.3, 0.4) is 0 Å². The summed E-state index contributed by atoms with van der Waals surface area (Å²) in [5.74, 6) is 3.40. The van der Waals surface area contributed by atoms with Gasteiger partial charge in [-0.2, -0.15) is 0 Å². The summed E-state index contributed by atoms with van der Waals surface area (Å²) in [5, 5.41) is 4.79. The topological polar surface area (TPSA) is 85.0 Å². The fourth-order valence-electron chi connectivity index (χ4n) is 8.51. The van der Waals surface area contributed by atoms with Gasteiger partial charge in [0.05, 0.1) is 17.9 Å². The Morgan fingerprint density at radius 2 is 1.07 bits per heavy atom. The van der Waals surface area contributed by atoms with E-state index in [1.165, 1.54) is 44.1 Å². The first kappa shape index (κ1) is 53.4. The van der Waals surface area contributed by atoms with Gasteiger partial charge in [0.1, 0.15) is 17.0 Å². The molecule has 360 valence electrons. The number of furan rings is 2. The number of nitrogens with two attached hydrogens (primary N) is 1. The molecule has 9 rings (SSSR count). The molecule has 6 aromatic carbocycles. The van der Waals surface area contributed by atoms with Crippen molar-refractivity contribution in [1.82, 2.24) is 0 Å². The van der Waals surface area contributed by atoms with Crippen LogP contribution in [0.2, 0.25) is 0 Å². The first-order chi connectivity index (χ1) is 32.1. The average molecular weight is 1050 g/mol. The molecule has 0 amide bonds. The maximum Gasteiger partial charge on any atom is 0.162 e. The van der Waals surface area contributed by atoms with Crippen LogP contribution < -0.4 is 10.6 Å². The van der Waals surface area contributed by atoms with Crippen LogP contribution in [0.25, 0.3) is 43.9 Å². The van der Waals surface area contributed by atoms with Gasteiger partial charge in [0.2, 0.25) is 0 Å². The van der Waals surface area contributed by atoms with Gasteiger partial charge in [0.25, 0.3) is 0 Å². The van der Waals surface area contributed by atoms with Crippen molar-refractivity contribution in [3.05, 3.63) is 155 Å². The third kappa shape index (κ3) is 13.3. The zero-order valence-electron chi connectivity index (χ0n) is 39.8.